The molecule has 12 nitrogen and oxygen atoms in total. The van der Waals surface area contributed by atoms with Gasteiger partial charge in [-0.1, -0.05) is 30.0 Å². The molecule has 0 aliphatic carbocycles. The van der Waals surface area contributed by atoms with E-state index in [0.717, 1.165) is 11.8 Å². The molecule has 4 rings (SSSR count). The second-order valence-corrected chi connectivity index (χ2v) is 7.24. The van der Waals surface area contributed by atoms with Gasteiger partial charge < -0.3 is 15.8 Å². The molecular weight excluding hydrogens is 434 g/mol. The van der Waals surface area contributed by atoms with Gasteiger partial charge in [-0.3, -0.25) is 9.59 Å². The molecule has 0 aliphatic heterocycles. The van der Waals surface area contributed by atoms with Gasteiger partial charge in [0.15, 0.2) is 11.5 Å². The van der Waals surface area contributed by atoms with Crippen LogP contribution in [-0.4, -0.2) is 59.9 Å². The van der Waals surface area contributed by atoms with Crippen LogP contribution in [0.15, 0.2) is 59.8 Å². The zero-order valence-corrected chi connectivity index (χ0v) is 17.6. The molecule has 0 aliphatic rings. The summed E-state index contributed by atoms with van der Waals surface area (Å²) in [5.41, 5.74) is 6.57. The monoisotopic (exact) mass is 451 g/mol. The van der Waals surface area contributed by atoms with E-state index in [1.807, 2.05) is 6.07 Å². The first-order valence-corrected chi connectivity index (χ1v) is 10.2. The molecule has 2 heterocycles. The number of para-hydroxylation sites is 1. The van der Waals surface area contributed by atoms with E-state index in [9.17, 15) is 9.59 Å². The summed E-state index contributed by atoms with van der Waals surface area (Å²) in [6.45, 7) is 0. The van der Waals surface area contributed by atoms with Crippen LogP contribution in [0.1, 0.15) is 10.5 Å². The molecule has 32 heavy (non-hydrogen) atoms. The lowest BCUT2D eigenvalue weighted by atomic mass is 10.3. The van der Waals surface area contributed by atoms with Crippen molar-refractivity contribution in [3.63, 3.8) is 0 Å². The van der Waals surface area contributed by atoms with Gasteiger partial charge in [-0.05, 0) is 46.8 Å². The predicted octanol–water partition coefficient (Wildman–Crippen LogP) is 1.08. The molecule has 4 aromatic rings. The largest absolute Gasteiger partial charge is 0.497 e. The molecule has 13 heteroatoms. The molecule has 0 bridgehead atoms. The standard InChI is InChI=1S/C19H17N9O3S/c1-31-14-9-7-12(8-10-14)27-19(22-25-26-27)32-11-15(29)21-18-16(17(20)30)23-28(24-18)13-5-3-2-4-6-13/h2-10H,11H2,1H3,(H2,20,30)(H,21,24,29). The minimum Gasteiger partial charge on any atom is -0.497 e. The van der Waals surface area contributed by atoms with Crippen LogP contribution in [0.5, 0.6) is 5.75 Å². The van der Waals surface area contributed by atoms with Crippen LogP contribution in [0.3, 0.4) is 0 Å². The Morgan fingerprint density at radius 1 is 1.06 bits per heavy atom. The number of hydrogen-bond donors (Lipinski definition) is 2. The minimum absolute atomic E-state index is 0.0262. The molecule has 0 spiro atoms. The predicted molar refractivity (Wildman–Crippen MR) is 115 cm³/mol. The fourth-order valence-electron chi connectivity index (χ4n) is 2.69. The van der Waals surface area contributed by atoms with Crippen LogP contribution >= 0.6 is 11.8 Å². The smallest absolute Gasteiger partial charge is 0.273 e. The highest BCUT2D eigenvalue weighted by Gasteiger charge is 2.20. The first kappa shape index (κ1) is 21.0. The lowest BCUT2D eigenvalue weighted by Crippen LogP contribution is -2.19. The van der Waals surface area contributed by atoms with E-state index in [2.05, 4.69) is 31.0 Å². The van der Waals surface area contributed by atoms with Crippen molar-refractivity contribution in [2.24, 2.45) is 5.73 Å². The number of anilines is 1. The van der Waals surface area contributed by atoms with Gasteiger partial charge in [0.25, 0.3) is 5.91 Å². The molecule has 0 fully saturated rings. The first-order chi connectivity index (χ1) is 15.5. The Morgan fingerprint density at radius 2 is 1.81 bits per heavy atom. The number of carbonyl (C=O) groups is 2. The number of tetrazole rings is 1. The molecule has 0 radical (unpaired) electrons. The fourth-order valence-corrected chi connectivity index (χ4v) is 3.38. The van der Waals surface area contributed by atoms with Crippen LogP contribution < -0.4 is 15.8 Å². The van der Waals surface area contributed by atoms with Crippen molar-refractivity contribution in [3.8, 4) is 17.1 Å². The van der Waals surface area contributed by atoms with Crippen LogP contribution in [0.25, 0.3) is 11.4 Å². The molecule has 0 atom stereocenters. The van der Waals surface area contributed by atoms with Crippen molar-refractivity contribution in [2.45, 2.75) is 5.16 Å². The average Bonchev–Trinajstić information content (AvgIpc) is 3.46. The van der Waals surface area contributed by atoms with E-state index < -0.39 is 11.8 Å². The number of nitrogens with zero attached hydrogens (tertiary/aromatic N) is 7. The molecule has 2 aromatic heterocycles. The highest BCUT2D eigenvalue weighted by Crippen LogP contribution is 2.21. The Kier molecular flexibility index (Phi) is 6.07. The summed E-state index contributed by atoms with van der Waals surface area (Å²) >= 11 is 1.12. The number of hydrogen-bond acceptors (Lipinski definition) is 9. The van der Waals surface area contributed by atoms with Crippen LogP contribution in [0.4, 0.5) is 5.82 Å². The van der Waals surface area contributed by atoms with Crippen molar-refractivity contribution >= 4 is 29.4 Å². The third-order valence-corrected chi connectivity index (χ3v) is 5.10. The Bertz CT molecular complexity index is 1240. The van der Waals surface area contributed by atoms with Gasteiger partial charge in [0.2, 0.25) is 11.1 Å². The molecule has 162 valence electrons. The summed E-state index contributed by atoms with van der Waals surface area (Å²) in [5, 5.41) is 22.8. The zero-order valence-electron chi connectivity index (χ0n) is 16.7. The van der Waals surface area contributed by atoms with Crippen LogP contribution in [0, 0.1) is 0 Å². The Morgan fingerprint density at radius 3 is 2.50 bits per heavy atom. The highest BCUT2D eigenvalue weighted by molar-refractivity contribution is 7.99. The molecule has 0 unspecified atom stereocenters. The lowest BCUT2D eigenvalue weighted by Gasteiger charge is -2.05. The van der Waals surface area contributed by atoms with E-state index in [0.29, 0.717) is 22.3 Å². The summed E-state index contributed by atoms with van der Waals surface area (Å²) in [6, 6.07) is 16.1. The van der Waals surface area contributed by atoms with Crippen molar-refractivity contribution in [1.82, 2.24) is 35.2 Å². The number of aromatic nitrogens is 7. The molecule has 0 saturated heterocycles. The van der Waals surface area contributed by atoms with Crippen LogP contribution in [0.2, 0.25) is 0 Å². The van der Waals surface area contributed by atoms with Gasteiger partial charge in [-0.25, -0.2) is 0 Å². The van der Waals surface area contributed by atoms with Gasteiger partial charge in [-0.2, -0.15) is 4.68 Å². The molecule has 2 aromatic carbocycles. The van der Waals surface area contributed by atoms with Gasteiger partial charge in [0.05, 0.1) is 24.2 Å². The van der Waals surface area contributed by atoms with E-state index in [1.54, 1.807) is 55.6 Å². The number of methoxy groups -OCH3 is 1. The number of carbonyl (C=O) groups excluding carboxylic acids is 2. The summed E-state index contributed by atoms with van der Waals surface area (Å²) < 4.78 is 6.64. The molecule has 2 amide bonds. The molecular formula is C19H17N9O3S. The second-order valence-electron chi connectivity index (χ2n) is 6.29. The second kappa shape index (κ2) is 9.26. The fraction of sp³-hybridized carbons (Fsp3) is 0.105. The number of nitrogens with one attached hydrogen (secondary N) is 1. The zero-order chi connectivity index (χ0) is 22.5. The third kappa shape index (κ3) is 4.57. The normalized spacial score (nSPS) is 10.7. The number of ether oxygens (including phenoxy) is 1. The van der Waals surface area contributed by atoms with Gasteiger partial charge in [-0.15, -0.1) is 20.1 Å². The summed E-state index contributed by atoms with van der Waals surface area (Å²) in [5.74, 6) is -0.598. The van der Waals surface area contributed by atoms with Gasteiger partial charge in [0, 0.05) is 0 Å². The maximum absolute atomic E-state index is 12.5. The SMILES string of the molecule is COc1ccc(-n2nnnc2SCC(=O)Nc2nn(-c3ccccc3)nc2C(N)=O)cc1. The van der Waals surface area contributed by atoms with E-state index in [1.165, 1.54) is 9.48 Å². The van der Waals surface area contributed by atoms with Gasteiger partial charge >= 0.3 is 0 Å². The Hall–Kier alpha value is -4.26. The molecule has 0 saturated carbocycles. The van der Waals surface area contributed by atoms with Crippen molar-refractivity contribution < 1.29 is 14.3 Å². The number of primary amides is 1. The first-order valence-electron chi connectivity index (χ1n) is 9.23. The van der Waals surface area contributed by atoms with Gasteiger partial charge in [0.1, 0.15) is 5.75 Å². The lowest BCUT2D eigenvalue weighted by molar-refractivity contribution is -0.113. The topological polar surface area (TPSA) is 156 Å². The highest BCUT2D eigenvalue weighted by atomic mass is 32.2. The summed E-state index contributed by atoms with van der Waals surface area (Å²) in [7, 11) is 1.58. The number of benzene rings is 2. The molecule has 3 N–H and O–H groups in total. The third-order valence-electron chi connectivity index (χ3n) is 4.18. The van der Waals surface area contributed by atoms with E-state index >= 15 is 0 Å². The number of amides is 2. The number of nitrogens with two attached hydrogens (primary N) is 1. The maximum atomic E-state index is 12.5. The van der Waals surface area contributed by atoms with E-state index in [4.69, 9.17) is 10.5 Å². The summed E-state index contributed by atoms with van der Waals surface area (Å²) in [6.07, 6.45) is 0. The Balaban J connectivity index is 1.46. The minimum atomic E-state index is -0.807. The average molecular weight is 451 g/mol. The van der Waals surface area contributed by atoms with Crippen molar-refractivity contribution in [3.05, 3.63) is 60.3 Å². The number of thioether (sulfide) groups is 1. The van der Waals surface area contributed by atoms with Crippen molar-refractivity contribution in [1.29, 1.82) is 0 Å². The van der Waals surface area contributed by atoms with Crippen LogP contribution in [-0.2, 0) is 4.79 Å². The van der Waals surface area contributed by atoms with E-state index in [-0.39, 0.29) is 17.3 Å². The summed E-state index contributed by atoms with van der Waals surface area (Å²) in [4.78, 5) is 25.5. The maximum Gasteiger partial charge on any atom is 0.273 e. The quantitative estimate of drug-likeness (QED) is 0.374. The van der Waals surface area contributed by atoms with Crippen molar-refractivity contribution in [2.75, 3.05) is 18.2 Å². The number of rotatable bonds is 8. The Labute approximate surface area is 185 Å².